The van der Waals surface area contributed by atoms with Crippen molar-refractivity contribution < 1.29 is 4.74 Å². The molecule has 0 amide bonds. The van der Waals surface area contributed by atoms with Crippen molar-refractivity contribution in [3.8, 4) is 11.8 Å². The van der Waals surface area contributed by atoms with E-state index in [9.17, 15) is 0 Å². The number of hydrogen-bond acceptors (Lipinski definition) is 2. The molecule has 0 saturated carbocycles. The van der Waals surface area contributed by atoms with Crippen LogP contribution in [0.2, 0.25) is 0 Å². The van der Waals surface area contributed by atoms with Crippen molar-refractivity contribution >= 4 is 0 Å². The molecule has 2 heteroatoms. The van der Waals surface area contributed by atoms with Crippen molar-refractivity contribution in [1.29, 1.82) is 5.26 Å². The van der Waals surface area contributed by atoms with Crippen LogP contribution in [0.15, 0.2) is 24.3 Å². The van der Waals surface area contributed by atoms with Gasteiger partial charge in [-0.15, -0.1) is 0 Å². The summed E-state index contributed by atoms with van der Waals surface area (Å²) in [5.41, 5.74) is 1.01. The molecular formula is C13H17NO. The maximum Gasteiger partial charge on any atom is 0.118 e. The van der Waals surface area contributed by atoms with E-state index >= 15 is 0 Å². The molecule has 0 aliphatic carbocycles. The van der Waals surface area contributed by atoms with Crippen LogP contribution in [0.5, 0.6) is 5.75 Å². The highest BCUT2D eigenvalue weighted by Crippen LogP contribution is 2.22. The summed E-state index contributed by atoms with van der Waals surface area (Å²) in [6.07, 6.45) is 1.82. The molecule has 2 nitrogen and oxygen atoms in total. The van der Waals surface area contributed by atoms with Crippen LogP contribution in [0.3, 0.4) is 0 Å². The molecule has 1 aromatic rings. The molecule has 1 rings (SSSR count). The van der Waals surface area contributed by atoms with Crippen molar-refractivity contribution in [2.45, 2.75) is 26.7 Å². The van der Waals surface area contributed by atoms with E-state index in [1.54, 1.807) is 7.11 Å². The number of aryl methyl sites for hydroxylation is 1. The second-order valence-electron chi connectivity index (χ2n) is 4.34. The Hall–Kier alpha value is -1.49. The molecule has 0 spiro atoms. The van der Waals surface area contributed by atoms with E-state index in [-0.39, 0.29) is 5.41 Å². The lowest BCUT2D eigenvalue weighted by atomic mass is 9.88. The zero-order valence-electron chi connectivity index (χ0n) is 9.58. The van der Waals surface area contributed by atoms with Crippen molar-refractivity contribution in [1.82, 2.24) is 0 Å². The molecule has 0 N–H and O–H groups in total. The van der Waals surface area contributed by atoms with Crippen LogP contribution in [-0.4, -0.2) is 7.11 Å². The number of hydrogen-bond donors (Lipinski definition) is 0. The summed E-state index contributed by atoms with van der Waals surface area (Å²) in [5, 5.41) is 8.88. The summed E-state index contributed by atoms with van der Waals surface area (Å²) >= 11 is 0. The minimum atomic E-state index is -0.236. The van der Waals surface area contributed by atoms with Crippen molar-refractivity contribution in [2.24, 2.45) is 5.41 Å². The standard InChI is InChI=1S/C13H17NO/c1-13(2,10-14)9-8-11-4-6-12(15-3)7-5-11/h4-7H,8-9H2,1-3H3. The van der Waals surface area contributed by atoms with Crippen LogP contribution in [0.25, 0.3) is 0 Å². The number of ether oxygens (including phenoxy) is 1. The molecule has 1 aromatic carbocycles. The Balaban J connectivity index is 2.56. The molecule has 0 unspecified atom stereocenters. The fourth-order valence-electron chi connectivity index (χ4n) is 1.30. The molecular weight excluding hydrogens is 186 g/mol. The number of rotatable bonds is 4. The molecule has 15 heavy (non-hydrogen) atoms. The first-order valence-corrected chi connectivity index (χ1v) is 5.11. The SMILES string of the molecule is COc1ccc(CCC(C)(C)C#N)cc1. The van der Waals surface area contributed by atoms with Gasteiger partial charge in [0.15, 0.2) is 0 Å². The lowest BCUT2D eigenvalue weighted by Crippen LogP contribution is -2.08. The molecule has 0 aromatic heterocycles. The normalized spacial score (nSPS) is 10.8. The third kappa shape index (κ3) is 3.63. The Kier molecular flexibility index (Phi) is 3.74. The Morgan fingerprint density at radius 3 is 2.33 bits per heavy atom. The van der Waals surface area contributed by atoms with Gasteiger partial charge in [0.1, 0.15) is 5.75 Å². The molecule has 0 aliphatic heterocycles. The largest absolute Gasteiger partial charge is 0.497 e. The first-order valence-electron chi connectivity index (χ1n) is 5.11. The Labute approximate surface area is 91.5 Å². The van der Waals surface area contributed by atoms with Gasteiger partial charge >= 0.3 is 0 Å². The van der Waals surface area contributed by atoms with Crippen molar-refractivity contribution in [3.63, 3.8) is 0 Å². The second-order valence-corrected chi connectivity index (χ2v) is 4.34. The van der Waals surface area contributed by atoms with E-state index in [0.717, 1.165) is 18.6 Å². The van der Waals surface area contributed by atoms with E-state index in [4.69, 9.17) is 10.00 Å². The minimum absolute atomic E-state index is 0.236. The van der Waals surface area contributed by atoms with E-state index in [0.29, 0.717) is 0 Å². The predicted molar refractivity (Wildman–Crippen MR) is 60.7 cm³/mol. The highest BCUT2D eigenvalue weighted by atomic mass is 16.5. The molecule has 0 radical (unpaired) electrons. The summed E-state index contributed by atoms with van der Waals surface area (Å²) in [4.78, 5) is 0. The number of nitriles is 1. The summed E-state index contributed by atoms with van der Waals surface area (Å²) in [6.45, 7) is 3.94. The molecule has 0 saturated heterocycles. The molecule has 0 aliphatic rings. The van der Waals surface area contributed by atoms with Gasteiger partial charge in [0.25, 0.3) is 0 Å². The number of methoxy groups -OCH3 is 1. The third-order valence-electron chi connectivity index (χ3n) is 2.50. The second kappa shape index (κ2) is 4.84. The van der Waals surface area contributed by atoms with Gasteiger partial charge in [0.2, 0.25) is 0 Å². The van der Waals surface area contributed by atoms with Gasteiger partial charge in [0.05, 0.1) is 18.6 Å². The van der Waals surface area contributed by atoms with Gasteiger partial charge in [-0.2, -0.15) is 5.26 Å². The zero-order chi connectivity index (χ0) is 11.3. The fraction of sp³-hybridized carbons (Fsp3) is 0.462. The van der Waals surface area contributed by atoms with Gasteiger partial charge in [-0.25, -0.2) is 0 Å². The maximum atomic E-state index is 8.88. The van der Waals surface area contributed by atoms with Crippen LogP contribution in [0.1, 0.15) is 25.8 Å². The number of benzene rings is 1. The van der Waals surface area contributed by atoms with Crippen molar-refractivity contribution in [2.75, 3.05) is 7.11 Å². The number of nitrogens with zero attached hydrogens (tertiary/aromatic N) is 1. The Morgan fingerprint density at radius 1 is 1.27 bits per heavy atom. The first-order chi connectivity index (χ1) is 7.07. The molecule has 0 bridgehead atoms. The lowest BCUT2D eigenvalue weighted by molar-refractivity contribution is 0.414. The molecule has 0 heterocycles. The Morgan fingerprint density at radius 2 is 1.87 bits per heavy atom. The van der Waals surface area contributed by atoms with E-state index < -0.39 is 0 Å². The van der Waals surface area contributed by atoms with Gasteiger partial charge in [0, 0.05) is 0 Å². The fourth-order valence-corrected chi connectivity index (χ4v) is 1.30. The van der Waals surface area contributed by atoms with Crippen LogP contribution < -0.4 is 4.74 Å². The van der Waals surface area contributed by atoms with Gasteiger partial charge < -0.3 is 4.74 Å². The van der Waals surface area contributed by atoms with Crippen LogP contribution >= 0.6 is 0 Å². The minimum Gasteiger partial charge on any atom is -0.497 e. The summed E-state index contributed by atoms with van der Waals surface area (Å²) < 4.78 is 5.08. The smallest absolute Gasteiger partial charge is 0.118 e. The third-order valence-corrected chi connectivity index (χ3v) is 2.50. The van der Waals surface area contributed by atoms with Crippen LogP contribution in [-0.2, 0) is 6.42 Å². The average Bonchev–Trinajstić information content (AvgIpc) is 2.27. The predicted octanol–water partition coefficient (Wildman–Crippen LogP) is 3.18. The first kappa shape index (κ1) is 11.6. The van der Waals surface area contributed by atoms with Gasteiger partial charge in [-0.1, -0.05) is 12.1 Å². The maximum absolute atomic E-state index is 8.88. The van der Waals surface area contributed by atoms with Crippen LogP contribution in [0.4, 0.5) is 0 Å². The average molecular weight is 203 g/mol. The zero-order valence-corrected chi connectivity index (χ0v) is 9.58. The summed E-state index contributed by atoms with van der Waals surface area (Å²) in [7, 11) is 1.66. The molecule has 0 fully saturated rings. The topological polar surface area (TPSA) is 33.0 Å². The van der Waals surface area contributed by atoms with E-state index in [2.05, 4.69) is 6.07 Å². The van der Waals surface area contributed by atoms with Gasteiger partial charge in [-0.3, -0.25) is 0 Å². The van der Waals surface area contributed by atoms with E-state index in [1.165, 1.54) is 5.56 Å². The summed E-state index contributed by atoms with van der Waals surface area (Å²) in [6, 6.07) is 10.3. The molecule has 80 valence electrons. The van der Waals surface area contributed by atoms with E-state index in [1.807, 2.05) is 38.1 Å². The molecule has 0 atom stereocenters. The lowest BCUT2D eigenvalue weighted by Gasteiger charge is -2.14. The highest BCUT2D eigenvalue weighted by Gasteiger charge is 2.15. The monoisotopic (exact) mass is 203 g/mol. The van der Waals surface area contributed by atoms with Crippen molar-refractivity contribution in [3.05, 3.63) is 29.8 Å². The quantitative estimate of drug-likeness (QED) is 0.753. The summed E-state index contributed by atoms with van der Waals surface area (Å²) in [5.74, 6) is 0.873. The Bertz CT molecular complexity index is 346. The van der Waals surface area contributed by atoms with Crippen LogP contribution in [0, 0.1) is 16.7 Å². The highest BCUT2D eigenvalue weighted by molar-refractivity contribution is 5.27. The van der Waals surface area contributed by atoms with Gasteiger partial charge in [-0.05, 0) is 44.4 Å².